The Morgan fingerprint density at radius 3 is 2.57 bits per heavy atom. The van der Waals surface area contributed by atoms with Crippen molar-refractivity contribution in [2.45, 2.75) is 32.9 Å². The van der Waals surface area contributed by atoms with E-state index < -0.39 is 0 Å². The van der Waals surface area contributed by atoms with Gasteiger partial charge in [-0.15, -0.1) is 0 Å². The highest BCUT2D eigenvalue weighted by molar-refractivity contribution is 5.92. The van der Waals surface area contributed by atoms with Crippen molar-refractivity contribution in [3.05, 3.63) is 53.9 Å². The van der Waals surface area contributed by atoms with Gasteiger partial charge in [0.15, 0.2) is 0 Å². The summed E-state index contributed by atoms with van der Waals surface area (Å²) in [6, 6.07) is 11.2. The lowest BCUT2D eigenvalue weighted by molar-refractivity contribution is 0.0660. The number of rotatable bonds is 6. The molecule has 2 aromatic rings. The lowest BCUT2D eigenvalue weighted by Crippen LogP contribution is -2.53. The maximum absolute atomic E-state index is 12.5. The van der Waals surface area contributed by atoms with Gasteiger partial charge in [-0.1, -0.05) is 19.1 Å². The molecule has 0 radical (unpaired) electrons. The first-order chi connectivity index (χ1) is 13.6. The number of H-pyrrole nitrogens is 1. The summed E-state index contributed by atoms with van der Waals surface area (Å²) in [7, 11) is 0. The molecule has 7 heteroatoms. The molecule has 1 aliphatic heterocycles. The Bertz CT molecular complexity index is 783. The molecule has 7 nitrogen and oxygen atoms in total. The lowest BCUT2D eigenvalue weighted by Gasteiger charge is -2.34. The number of amides is 3. The largest absolute Gasteiger partial charge is 0.491 e. The van der Waals surface area contributed by atoms with Crippen molar-refractivity contribution in [2.75, 3.05) is 26.2 Å². The monoisotopic (exact) mass is 384 g/mol. The number of urea groups is 1. The van der Waals surface area contributed by atoms with Crippen LogP contribution in [-0.4, -0.2) is 59.0 Å². The number of nitrogens with zero attached hydrogens (tertiary/aromatic N) is 2. The number of aromatic amines is 1. The summed E-state index contributed by atoms with van der Waals surface area (Å²) in [4.78, 5) is 31.3. The van der Waals surface area contributed by atoms with Crippen molar-refractivity contribution in [1.82, 2.24) is 20.1 Å². The molecule has 3 rings (SSSR count). The quantitative estimate of drug-likeness (QED) is 0.804. The Morgan fingerprint density at radius 2 is 1.89 bits per heavy atom. The second-order valence-electron chi connectivity index (χ2n) is 7.01. The van der Waals surface area contributed by atoms with Crippen molar-refractivity contribution >= 4 is 11.9 Å². The van der Waals surface area contributed by atoms with Gasteiger partial charge in [0.05, 0.1) is 6.10 Å². The second-order valence-corrected chi connectivity index (χ2v) is 7.01. The van der Waals surface area contributed by atoms with Gasteiger partial charge >= 0.3 is 6.03 Å². The van der Waals surface area contributed by atoms with Crippen molar-refractivity contribution in [3.8, 4) is 5.75 Å². The number of carbonyl (C=O) groups excluding carboxylic acids is 2. The van der Waals surface area contributed by atoms with Crippen LogP contribution in [0.15, 0.2) is 42.6 Å². The van der Waals surface area contributed by atoms with Gasteiger partial charge in [-0.25, -0.2) is 4.79 Å². The van der Waals surface area contributed by atoms with Gasteiger partial charge in [0.2, 0.25) is 0 Å². The lowest BCUT2D eigenvalue weighted by atomic mass is 10.2. The molecular weight excluding hydrogens is 356 g/mol. The molecule has 0 spiro atoms. The van der Waals surface area contributed by atoms with E-state index >= 15 is 0 Å². The zero-order chi connectivity index (χ0) is 19.9. The Kier molecular flexibility index (Phi) is 6.57. The molecule has 1 aromatic carbocycles. The van der Waals surface area contributed by atoms with E-state index in [9.17, 15) is 9.59 Å². The van der Waals surface area contributed by atoms with Gasteiger partial charge in [-0.2, -0.15) is 0 Å². The average Bonchev–Trinajstić information content (AvgIpc) is 3.26. The van der Waals surface area contributed by atoms with Crippen LogP contribution >= 0.6 is 0 Å². The molecule has 28 heavy (non-hydrogen) atoms. The van der Waals surface area contributed by atoms with Gasteiger partial charge in [0, 0.05) is 38.9 Å². The number of hydrogen-bond acceptors (Lipinski definition) is 3. The molecule has 3 amide bonds. The van der Waals surface area contributed by atoms with Crippen molar-refractivity contribution in [3.63, 3.8) is 0 Å². The highest BCUT2D eigenvalue weighted by Crippen LogP contribution is 2.16. The molecule has 1 aliphatic rings. The SMILES string of the molecule is CC[C@H](C)Oc1cccc(CNC(=O)N2CCN(C(=O)c3ccc[nH]3)CC2)c1. The molecule has 0 unspecified atom stereocenters. The van der Waals surface area contributed by atoms with Crippen LogP contribution in [0.3, 0.4) is 0 Å². The fourth-order valence-electron chi connectivity index (χ4n) is 3.08. The number of ether oxygens (including phenoxy) is 1. The summed E-state index contributed by atoms with van der Waals surface area (Å²) in [5.74, 6) is 0.792. The fraction of sp³-hybridized carbons (Fsp3) is 0.429. The normalized spacial score (nSPS) is 15.2. The first-order valence-corrected chi connectivity index (χ1v) is 9.78. The number of hydrogen-bond donors (Lipinski definition) is 2. The first kappa shape index (κ1) is 19.8. The predicted molar refractivity (Wildman–Crippen MR) is 107 cm³/mol. The Morgan fingerprint density at radius 1 is 1.14 bits per heavy atom. The average molecular weight is 384 g/mol. The van der Waals surface area contributed by atoms with Gasteiger partial charge in [-0.05, 0) is 43.2 Å². The van der Waals surface area contributed by atoms with E-state index in [2.05, 4.69) is 17.2 Å². The van der Waals surface area contributed by atoms with Crippen LogP contribution in [0.25, 0.3) is 0 Å². The molecule has 0 bridgehead atoms. The Hall–Kier alpha value is -2.96. The molecule has 2 heterocycles. The highest BCUT2D eigenvalue weighted by Gasteiger charge is 2.25. The number of nitrogens with one attached hydrogen (secondary N) is 2. The molecule has 0 aliphatic carbocycles. The number of piperazine rings is 1. The van der Waals surface area contributed by atoms with E-state index in [1.165, 1.54) is 0 Å². The van der Waals surface area contributed by atoms with E-state index in [-0.39, 0.29) is 18.0 Å². The molecule has 2 N–H and O–H groups in total. The third kappa shape index (κ3) is 5.06. The molecule has 1 fully saturated rings. The molecule has 150 valence electrons. The van der Waals surface area contributed by atoms with Crippen LogP contribution in [0.4, 0.5) is 4.79 Å². The Balaban J connectivity index is 1.46. The van der Waals surface area contributed by atoms with E-state index in [0.29, 0.717) is 38.4 Å². The van der Waals surface area contributed by atoms with Crippen LogP contribution in [0.1, 0.15) is 36.3 Å². The minimum Gasteiger partial charge on any atom is -0.491 e. The van der Waals surface area contributed by atoms with Crippen LogP contribution in [0.5, 0.6) is 5.75 Å². The standard InChI is InChI=1S/C21H28N4O3/c1-3-16(2)28-18-7-4-6-17(14-18)15-23-21(27)25-12-10-24(11-13-25)20(26)19-8-5-9-22-19/h4-9,14,16,22H,3,10-13,15H2,1-2H3,(H,23,27)/t16-/m0/s1. The van der Waals surface area contributed by atoms with Gasteiger partial charge in [0.1, 0.15) is 11.4 Å². The summed E-state index contributed by atoms with van der Waals surface area (Å²) in [5, 5.41) is 2.96. The van der Waals surface area contributed by atoms with Gasteiger partial charge in [-0.3, -0.25) is 4.79 Å². The van der Waals surface area contributed by atoms with E-state index in [4.69, 9.17) is 4.74 Å². The number of benzene rings is 1. The fourth-order valence-corrected chi connectivity index (χ4v) is 3.08. The van der Waals surface area contributed by atoms with E-state index in [0.717, 1.165) is 17.7 Å². The summed E-state index contributed by atoms with van der Waals surface area (Å²) in [6.07, 6.45) is 2.84. The van der Waals surface area contributed by atoms with E-state index in [1.807, 2.05) is 31.2 Å². The topological polar surface area (TPSA) is 77.7 Å². The molecule has 0 saturated carbocycles. The summed E-state index contributed by atoms with van der Waals surface area (Å²) in [6.45, 7) is 6.67. The smallest absolute Gasteiger partial charge is 0.317 e. The molecule has 1 atom stereocenters. The third-order valence-electron chi connectivity index (χ3n) is 4.94. The van der Waals surface area contributed by atoms with Crippen molar-refractivity contribution < 1.29 is 14.3 Å². The summed E-state index contributed by atoms with van der Waals surface area (Å²) >= 11 is 0. The maximum Gasteiger partial charge on any atom is 0.317 e. The molecule has 1 aromatic heterocycles. The summed E-state index contributed by atoms with van der Waals surface area (Å²) < 4.78 is 5.83. The van der Waals surface area contributed by atoms with Crippen molar-refractivity contribution in [2.24, 2.45) is 0 Å². The highest BCUT2D eigenvalue weighted by atomic mass is 16.5. The minimum absolute atomic E-state index is 0.0248. The van der Waals surface area contributed by atoms with Gasteiger partial charge in [0.25, 0.3) is 5.91 Å². The van der Waals surface area contributed by atoms with Crippen molar-refractivity contribution in [1.29, 1.82) is 0 Å². The first-order valence-electron chi connectivity index (χ1n) is 9.78. The molecular formula is C21H28N4O3. The van der Waals surface area contributed by atoms with Gasteiger partial charge < -0.3 is 24.8 Å². The number of aromatic nitrogens is 1. The van der Waals surface area contributed by atoms with Crippen LogP contribution in [-0.2, 0) is 6.54 Å². The predicted octanol–water partition coefficient (Wildman–Crippen LogP) is 2.86. The second kappa shape index (κ2) is 9.30. The molecule has 1 saturated heterocycles. The van der Waals surface area contributed by atoms with E-state index in [1.54, 1.807) is 28.1 Å². The van der Waals surface area contributed by atoms with Crippen LogP contribution in [0.2, 0.25) is 0 Å². The zero-order valence-electron chi connectivity index (χ0n) is 16.5. The Labute approximate surface area is 165 Å². The minimum atomic E-state index is -0.111. The van der Waals surface area contributed by atoms with Crippen LogP contribution < -0.4 is 10.1 Å². The van der Waals surface area contributed by atoms with Crippen LogP contribution in [0, 0.1) is 0 Å². The summed E-state index contributed by atoms with van der Waals surface area (Å²) in [5.41, 5.74) is 1.58. The maximum atomic E-state index is 12.5. The number of carbonyl (C=O) groups is 2. The zero-order valence-corrected chi connectivity index (χ0v) is 16.5. The third-order valence-corrected chi connectivity index (χ3v) is 4.94.